The van der Waals surface area contributed by atoms with Crippen molar-refractivity contribution in [1.82, 2.24) is 9.97 Å². The van der Waals surface area contributed by atoms with Crippen molar-refractivity contribution in [3.8, 4) is 5.88 Å². The summed E-state index contributed by atoms with van der Waals surface area (Å²) in [6, 6.07) is 10.4. The van der Waals surface area contributed by atoms with Crippen LogP contribution in [0.2, 0.25) is 0 Å². The molecular formula is C16H21N3O. The van der Waals surface area contributed by atoms with E-state index in [0.717, 1.165) is 5.69 Å². The van der Waals surface area contributed by atoms with Crippen molar-refractivity contribution in [2.75, 3.05) is 11.9 Å². The molecule has 0 aliphatic heterocycles. The number of hydrogen-bond acceptors (Lipinski definition) is 4. The first-order valence-electron chi connectivity index (χ1n) is 6.90. The summed E-state index contributed by atoms with van der Waals surface area (Å²) in [7, 11) is 0. The van der Waals surface area contributed by atoms with Gasteiger partial charge in [0.05, 0.1) is 12.6 Å². The van der Waals surface area contributed by atoms with E-state index in [1.807, 2.05) is 19.9 Å². The van der Waals surface area contributed by atoms with Gasteiger partial charge in [-0.05, 0) is 33.3 Å². The van der Waals surface area contributed by atoms with Crippen molar-refractivity contribution in [3.05, 3.63) is 47.2 Å². The fourth-order valence-electron chi connectivity index (χ4n) is 1.96. The molecule has 4 heteroatoms. The lowest BCUT2D eigenvalue weighted by Gasteiger charge is -2.15. The predicted molar refractivity (Wildman–Crippen MR) is 81.2 cm³/mol. The minimum Gasteiger partial charge on any atom is -0.478 e. The minimum atomic E-state index is 0.145. The molecule has 0 spiro atoms. The summed E-state index contributed by atoms with van der Waals surface area (Å²) in [5, 5.41) is 3.32. The first kappa shape index (κ1) is 14.3. The Morgan fingerprint density at radius 3 is 2.50 bits per heavy atom. The van der Waals surface area contributed by atoms with Gasteiger partial charge in [-0.3, -0.25) is 0 Å². The maximum absolute atomic E-state index is 5.44. The minimum absolute atomic E-state index is 0.145. The second-order valence-corrected chi connectivity index (χ2v) is 4.88. The Kier molecular flexibility index (Phi) is 4.56. The van der Waals surface area contributed by atoms with E-state index in [4.69, 9.17) is 4.74 Å². The van der Waals surface area contributed by atoms with Gasteiger partial charge in [-0.2, -0.15) is 4.98 Å². The fraction of sp³-hybridized carbons (Fsp3) is 0.375. The molecule has 0 aliphatic carbocycles. The number of hydrogen-bond donors (Lipinski definition) is 1. The first-order valence-corrected chi connectivity index (χ1v) is 6.90. The molecule has 0 amide bonds. The molecule has 0 radical (unpaired) electrons. The van der Waals surface area contributed by atoms with Gasteiger partial charge in [-0.25, -0.2) is 4.98 Å². The van der Waals surface area contributed by atoms with E-state index in [-0.39, 0.29) is 6.04 Å². The topological polar surface area (TPSA) is 47.0 Å². The Bertz CT molecular complexity index is 566. The normalized spacial score (nSPS) is 12.0. The summed E-state index contributed by atoms with van der Waals surface area (Å²) in [6.07, 6.45) is 0. The van der Waals surface area contributed by atoms with E-state index in [1.165, 1.54) is 11.1 Å². The van der Waals surface area contributed by atoms with E-state index in [2.05, 4.69) is 53.4 Å². The van der Waals surface area contributed by atoms with Crippen molar-refractivity contribution in [2.45, 2.75) is 33.7 Å². The summed E-state index contributed by atoms with van der Waals surface area (Å²) in [5.41, 5.74) is 3.35. The zero-order valence-corrected chi connectivity index (χ0v) is 12.5. The van der Waals surface area contributed by atoms with Gasteiger partial charge in [-0.1, -0.05) is 29.8 Å². The molecule has 0 saturated heterocycles. The van der Waals surface area contributed by atoms with Crippen LogP contribution in [0.1, 0.15) is 36.7 Å². The molecule has 20 heavy (non-hydrogen) atoms. The van der Waals surface area contributed by atoms with E-state index in [9.17, 15) is 0 Å². The summed E-state index contributed by atoms with van der Waals surface area (Å²) >= 11 is 0. The maximum atomic E-state index is 5.44. The Balaban J connectivity index is 2.14. The van der Waals surface area contributed by atoms with Crippen molar-refractivity contribution >= 4 is 5.95 Å². The number of nitrogens with one attached hydrogen (secondary N) is 1. The summed E-state index contributed by atoms with van der Waals surface area (Å²) in [4.78, 5) is 8.76. The average Bonchev–Trinajstić information content (AvgIpc) is 2.39. The van der Waals surface area contributed by atoms with E-state index in [0.29, 0.717) is 18.4 Å². The second-order valence-electron chi connectivity index (χ2n) is 4.88. The van der Waals surface area contributed by atoms with Crippen LogP contribution in [0.3, 0.4) is 0 Å². The molecule has 0 bridgehead atoms. The summed E-state index contributed by atoms with van der Waals surface area (Å²) in [5.74, 6) is 1.21. The lowest BCUT2D eigenvalue weighted by Crippen LogP contribution is -2.10. The van der Waals surface area contributed by atoms with Crippen LogP contribution >= 0.6 is 0 Å². The van der Waals surface area contributed by atoms with Crippen molar-refractivity contribution in [3.63, 3.8) is 0 Å². The summed E-state index contributed by atoms with van der Waals surface area (Å²) < 4.78 is 5.44. The lowest BCUT2D eigenvalue weighted by molar-refractivity contribution is 0.326. The van der Waals surface area contributed by atoms with Gasteiger partial charge in [0.1, 0.15) is 0 Å². The quantitative estimate of drug-likeness (QED) is 0.901. The van der Waals surface area contributed by atoms with E-state index < -0.39 is 0 Å². The van der Waals surface area contributed by atoms with Crippen molar-refractivity contribution < 1.29 is 4.74 Å². The summed E-state index contributed by atoms with van der Waals surface area (Å²) in [6.45, 7) is 8.66. The molecule has 2 aromatic rings. The standard InChI is InChI=1S/C16H21N3O/c1-5-20-15-10-12(3)17-16(19-15)18-13(4)14-8-6-11(2)7-9-14/h6-10,13H,5H2,1-4H3,(H,17,18,19). The average molecular weight is 271 g/mol. The van der Waals surface area contributed by atoms with Crippen LogP contribution in [0, 0.1) is 13.8 Å². The fourth-order valence-corrected chi connectivity index (χ4v) is 1.96. The number of nitrogens with zero attached hydrogens (tertiary/aromatic N) is 2. The van der Waals surface area contributed by atoms with Crippen LogP contribution in [-0.4, -0.2) is 16.6 Å². The SMILES string of the molecule is CCOc1cc(C)nc(NC(C)c2ccc(C)cc2)n1. The predicted octanol–water partition coefficient (Wildman–Crippen LogP) is 3.67. The van der Waals surface area contributed by atoms with Crippen LogP contribution in [0.25, 0.3) is 0 Å². The van der Waals surface area contributed by atoms with Crippen LogP contribution in [0.15, 0.2) is 30.3 Å². The monoisotopic (exact) mass is 271 g/mol. The Morgan fingerprint density at radius 2 is 1.85 bits per heavy atom. The molecule has 4 nitrogen and oxygen atoms in total. The van der Waals surface area contributed by atoms with Gasteiger partial charge in [0.2, 0.25) is 11.8 Å². The van der Waals surface area contributed by atoms with Crippen LogP contribution in [0.5, 0.6) is 5.88 Å². The van der Waals surface area contributed by atoms with E-state index >= 15 is 0 Å². The molecule has 1 atom stereocenters. The number of ether oxygens (including phenoxy) is 1. The number of anilines is 1. The molecule has 1 N–H and O–H groups in total. The van der Waals surface area contributed by atoms with Gasteiger partial charge >= 0.3 is 0 Å². The molecule has 0 fully saturated rings. The zero-order chi connectivity index (χ0) is 14.5. The second kappa shape index (κ2) is 6.37. The largest absolute Gasteiger partial charge is 0.478 e. The lowest BCUT2D eigenvalue weighted by atomic mass is 10.1. The van der Waals surface area contributed by atoms with Crippen LogP contribution in [0.4, 0.5) is 5.95 Å². The molecule has 1 unspecified atom stereocenters. The molecular weight excluding hydrogens is 250 g/mol. The third-order valence-electron chi connectivity index (χ3n) is 3.05. The highest BCUT2D eigenvalue weighted by atomic mass is 16.5. The third-order valence-corrected chi connectivity index (χ3v) is 3.05. The molecule has 1 aromatic heterocycles. The Labute approximate surface area is 120 Å². The highest BCUT2D eigenvalue weighted by Crippen LogP contribution is 2.19. The van der Waals surface area contributed by atoms with Gasteiger partial charge in [-0.15, -0.1) is 0 Å². The number of aromatic nitrogens is 2. The highest BCUT2D eigenvalue weighted by Gasteiger charge is 2.08. The molecule has 1 aromatic carbocycles. The molecule has 1 heterocycles. The molecule has 0 saturated carbocycles. The zero-order valence-electron chi connectivity index (χ0n) is 12.5. The Hall–Kier alpha value is -2.10. The molecule has 2 rings (SSSR count). The molecule has 106 valence electrons. The van der Waals surface area contributed by atoms with Crippen molar-refractivity contribution in [1.29, 1.82) is 0 Å². The third kappa shape index (κ3) is 3.70. The van der Waals surface area contributed by atoms with Gasteiger partial charge in [0.15, 0.2) is 0 Å². The van der Waals surface area contributed by atoms with Gasteiger partial charge in [0, 0.05) is 11.8 Å². The number of benzene rings is 1. The van der Waals surface area contributed by atoms with Gasteiger partial charge in [0.25, 0.3) is 0 Å². The number of rotatable bonds is 5. The van der Waals surface area contributed by atoms with E-state index in [1.54, 1.807) is 0 Å². The smallest absolute Gasteiger partial charge is 0.226 e. The molecule has 0 aliphatic rings. The Morgan fingerprint density at radius 1 is 1.15 bits per heavy atom. The van der Waals surface area contributed by atoms with Crippen molar-refractivity contribution in [2.24, 2.45) is 0 Å². The highest BCUT2D eigenvalue weighted by molar-refractivity contribution is 5.35. The number of aryl methyl sites for hydroxylation is 2. The van der Waals surface area contributed by atoms with Crippen LogP contribution < -0.4 is 10.1 Å². The van der Waals surface area contributed by atoms with Crippen LogP contribution in [-0.2, 0) is 0 Å². The van der Waals surface area contributed by atoms with Gasteiger partial charge < -0.3 is 10.1 Å². The first-order chi connectivity index (χ1) is 9.58. The maximum Gasteiger partial charge on any atom is 0.226 e.